The predicted molar refractivity (Wildman–Crippen MR) is 59.6 cm³/mol. The van der Waals surface area contributed by atoms with E-state index in [-0.39, 0.29) is 0 Å². The molecule has 0 bridgehead atoms. The highest BCUT2D eigenvalue weighted by atomic mass is 16.5. The first-order valence-electron chi connectivity index (χ1n) is 5.42. The van der Waals surface area contributed by atoms with Crippen LogP contribution in [0.2, 0.25) is 0 Å². The zero-order chi connectivity index (χ0) is 11.4. The first-order valence-corrected chi connectivity index (χ1v) is 5.42. The summed E-state index contributed by atoms with van der Waals surface area (Å²) in [6, 6.07) is 5.96. The third-order valence-corrected chi connectivity index (χ3v) is 2.95. The van der Waals surface area contributed by atoms with Crippen molar-refractivity contribution in [3.63, 3.8) is 0 Å². The zero-order valence-corrected chi connectivity index (χ0v) is 9.39. The fraction of sp³-hybridized carbons (Fsp3) is 0.500. The van der Waals surface area contributed by atoms with Crippen LogP contribution in [-0.2, 0) is 11.3 Å². The molecule has 1 unspecified atom stereocenters. The molecule has 0 aromatic carbocycles. The molecule has 0 N–H and O–H groups in total. The van der Waals surface area contributed by atoms with E-state index in [1.807, 2.05) is 12.1 Å². The first kappa shape index (κ1) is 11.1. The molecule has 2 heterocycles. The summed E-state index contributed by atoms with van der Waals surface area (Å²) in [6.07, 6.45) is 3.06. The Hall–Kier alpha value is -1.44. The van der Waals surface area contributed by atoms with Gasteiger partial charge in [-0.05, 0) is 12.5 Å². The van der Waals surface area contributed by atoms with Gasteiger partial charge in [-0.15, -0.1) is 0 Å². The Kier molecular flexibility index (Phi) is 3.50. The first-order chi connectivity index (χ1) is 7.83. The summed E-state index contributed by atoms with van der Waals surface area (Å²) in [5.74, 6) is 0. The molecule has 0 saturated carbocycles. The minimum Gasteiger partial charge on any atom is -0.380 e. The summed E-state index contributed by atoms with van der Waals surface area (Å²) >= 11 is 0. The van der Waals surface area contributed by atoms with Crippen molar-refractivity contribution in [2.24, 2.45) is 0 Å². The topological polar surface area (TPSA) is 49.1 Å². The molecule has 1 aromatic rings. The highest BCUT2D eigenvalue weighted by molar-refractivity contribution is 5.30. The molecule has 1 fully saturated rings. The fourth-order valence-electron chi connectivity index (χ4n) is 2.04. The molecule has 0 aliphatic carbocycles. The molecule has 1 aliphatic heterocycles. The van der Waals surface area contributed by atoms with E-state index >= 15 is 0 Å². The van der Waals surface area contributed by atoms with Gasteiger partial charge >= 0.3 is 0 Å². The molecule has 0 spiro atoms. The molecule has 84 valence electrons. The predicted octanol–water partition coefficient (Wildman–Crippen LogP) is 1.17. The van der Waals surface area contributed by atoms with Gasteiger partial charge in [-0.3, -0.25) is 4.90 Å². The molecule has 16 heavy (non-hydrogen) atoms. The highest BCUT2D eigenvalue weighted by Crippen LogP contribution is 2.16. The Morgan fingerprint density at radius 3 is 3.25 bits per heavy atom. The SMILES string of the molecule is COC1CCN(Cc2cccnc2C#N)C1. The van der Waals surface area contributed by atoms with Crippen LogP contribution in [0.1, 0.15) is 17.7 Å². The van der Waals surface area contributed by atoms with E-state index in [0.29, 0.717) is 11.8 Å². The monoisotopic (exact) mass is 217 g/mol. The second-order valence-electron chi connectivity index (χ2n) is 4.00. The van der Waals surface area contributed by atoms with E-state index in [2.05, 4.69) is 16.0 Å². The minimum absolute atomic E-state index is 0.335. The van der Waals surface area contributed by atoms with Gasteiger partial charge in [-0.25, -0.2) is 4.98 Å². The van der Waals surface area contributed by atoms with Crippen molar-refractivity contribution >= 4 is 0 Å². The maximum absolute atomic E-state index is 8.93. The normalized spacial score (nSPS) is 20.9. The number of pyridine rings is 1. The van der Waals surface area contributed by atoms with Crippen molar-refractivity contribution in [3.05, 3.63) is 29.6 Å². The number of methoxy groups -OCH3 is 1. The zero-order valence-electron chi connectivity index (χ0n) is 9.39. The molecule has 0 amide bonds. The summed E-state index contributed by atoms with van der Waals surface area (Å²) in [4.78, 5) is 6.36. The van der Waals surface area contributed by atoms with E-state index < -0.39 is 0 Å². The third kappa shape index (κ3) is 2.38. The Balaban J connectivity index is 2.02. The van der Waals surface area contributed by atoms with Gasteiger partial charge in [0.05, 0.1) is 6.10 Å². The Morgan fingerprint density at radius 2 is 2.56 bits per heavy atom. The number of hydrogen-bond acceptors (Lipinski definition) is 4. The lowest BCUT2D eigenvalue weighted by atomic mass is 10.2. The Bertz CT molecular complexity index is 399. The van der Waals surface area contributed by atoms with Crippen molar-refractivity contribution in [3.8, 4) is 6.07 Å². The van der Waals surface area contributed by atoms with E-state index in [0.717, 1.165) is 31.6 Å². The minimum atomic E-state index is 0.335. The molecule has 2 rings (SSSR count). The smallest absolute Gasteiger partial charge is 0.144 e. The van der Waals surface area contributed by atoms with Gasteiger partial charge in [-0.2, -0.15) is 5.26 Å². The van der Waals surface area contributed by atoms with Crippen LogP contribution in [0.15, 0.2) is 18.3 Å². The van der Waals surface area contributed by atoms with Crippen molar-refractivity contribution in [2.45, 2.75) is 19.1 Å². The molecule has 4 heteroatoms. The van der Waals surface area contributed by atoms with Crippen LogP contribution in [-0.4, -0.2) is 36.2 Å². The molecule has 0 radical (unpaired) electrons. The van der Waals surface area contributed by atoms with Crippen molar-refractivity contribution in [1.29, 1.82) is 5.26 Å². The summed E-state index contributed by atoms with van der Waals surface area (Å²) in [5.41, 5.74) is 1.53. The van der Waals surface area contributed by atoms with E-state index in [1.54, 1.807) is 13.3 Å². The van der Waals surface area contributed by atoms with Crippen molar-refractivity contribution < 1.29 is 4.74 Å². The molecule has 1 atom stereocenters. The number of nitriles is 1. The molecular weight excluding hydrogens is 202 g/mol. The standard InChI is InChI=1S/C12H15N3O/c1-16-11-4-6-15(9-11)8-10-3-2-5-14-12(10)7-13/h2-3,5,11H,4,6,8-9H2,1H3. The van der Waals surface area contributed by atoms with Crippen molar-refractivity contribution in [2.75, 3.05) is 20.2 Å². The van der Waals surface area contributed by atoms with Gasteiger partial charge < -0.3 is 4.74 Å². The fourth-order valence-corrected chi connectivity index (χ4v) is 2.04. The van der Waals surface area contributed by atoms with Crippen LogP contribution in [0, 0.1) is 11.3 Å². The number of rotatable bonds is 3. The lowest BCUT2D eigenvalue weighted by Crippen LogP contribution is -2.23. The quantitative estimate of drug-likeness (QED) is 0.762. The molecule has 4 nitrogen and oxygen atoms in total. The largest absolute Gasteiger partial charge is 0.380 e. The molecule has 1 aromatic heterocycles. The van der Waals surface area contributed by atoms with E-state index in [9.17, 15) is 0 Å². The van der Waals surface area contributed by atoms with E-state index in [4.69, 9.17) is 10.00 Å². The highest BCUT2D eigenvalue weighted by Gasteiger charge is 2.22. The molecule has 1 aliphatic rings. The number of aromatic nitrogens is 1. The van der Waals surface area contributed by atoms with Gasteiger partial charge in [0.25, 0.3) is 0 Å². The van der Waals surface area contributed by atoms with Crippen LogP contribution in [0.4, 0.5) is 0 Å². The Labute approximate surface area is 95.5 Å². The molecule has 1 saturated heterocycles. The summed E-state index contributed by atoms with van der Waals surface area (Å²) < 4.78 is 5.31. The lowest BCUT2D eigenvalue weighted by Gasteiger charge is -2.15. The Morgan fingerprint density at radius 1 is 1.69 bits per heavy atom. The second-order valence-corrected chi connectivity index (χ2v) is 4.00. The average molecular weight is 217 g/mol. The maximum atomic E-state index is 8.93. The number of hydrogen-bond donors (Lipinski definition) is 0. The second kappa shape index (κ2) is 5.06. The lowest BCUT2D eigenvalue weighted by molar-refractivity contribution is 0.107. The maximum Gasteiger partial charge on any atom is 0.144 e. The van der Waals surface area contributed by atoms with Gasteiger partial charge in [0, 0.05) is 38.5 Å². The average Bonchev–Trinajstić information content (AvgIpc) is 2.77. The van der Waals surface area contributed by atoms with Gasteiger partial charge in [0.1, 0.15) is 11.8 Å². The third-order valence-electron chi connectivity index (χ3n) is 2.95. The summed E-state index contributed by atoms with van der Waals surface area (Å²) in [6.45, 7) is 2.76. The molecular formula is C12H15N3O. The van der Waals surface area contributed by atoms with Crippen LogP contribution < -0.4 is 0 Å². The van der Waals surface area contributed by atoms with Crippen LogP contribution in [0.25, 0.3) is 0 Å². The van der Waals surface area contributed by atoms with E-state index in [1.165, 1.54) is 0 Å². The van der Waals surface area contributed by atoms with Crippen LogP contribution >= 0.6 is 0 Å². The number of likely N-dealkylation sites (tertiary alicyclic amines) is 1. The number of nitrogens with zero attached hydrogens (tertiary/aromatic N) is 3. The van der Waals surface area contributed by atoms with Gasteiger partial charge in [-0.1, -0.05) is 6.07 Å². The number of ether oxygens (including phenoxy) is 1. The van der Waals surface area contributed by atoms with Crippen molar-refractivity contribution in [1.82, 2.24) is 9.88 Å². The summed E-state index contributed by atoms with van der Waals surface area (Å²) in [5, 5.41) is 8.93. The van der Waals surface area contributed by atoms with Crippen LogP contribution in [0.5, 0.6) is 0 Å². The van der Waals surface area contributed by atoms with Gasteiger partial charge in [0.2, 0.25) is 0 Å². The van der Waals surface area contributed by atoms with Crippen LogP contribution in [0.3, 0.4) is 0 Å². The van der Waals surface area contributed by atoms with Gasteiger partial charge in [0.15, 0.2) is 0 Å². The summed E-state index contributed by atoms with van der Waals surface area (Å²) in [7, 11) is 1.75.